The third-order valence-corrected chi connectivity index (χ3v) is 9.88. The van der Waals surface area contributed by atoms with Crippen LogP contribution in [-0.4, -0.2) is 104 Å². The number of aliphatic carboxylic acids is 1. The summed E-state index contributed by atoms with van der Waals surface area (Å²) in [6.07, 6.45) is 3.38. The molecule has 1 fully saturated rings. The monoisotopic (exact) mass is 738 g/mol. The molecule has 1 aliphatic rings. The van der Waals surface area contributed by atoms with Gasteiger partial charge in [-0.05, 0) is 43.2 Å². The highest BCUT2D eigenvalue weighted by molar-refractivity contribution is 7.99. The molecule has 4 aromatic rings. The molecule has 1 saturated heterocycles. The van der Waals surface area contributed by atoms with Crippen molar-refractivity contribution in [1.29, 1.82) is 0 Å². The maximum atomic E-state index is 14.2. The zero-order valence-electron chi connectivity index (χ0n) is 27.8. The van der Waals surface area contributed by atoms with Crippen molar-refractivity contribution in [3.63, 3.8) is 0 Å². The van der Waals surface area contributed by atoms with Crippen LogP contribution < -0.4 is 27.0 Å². The summed E-state index contributed by atoms with van der Waals surface area (Å²) in [7, 11) is 0. The van der Waals surface area contributed by atoms with Gasteiger partial charge in [0.15, 0.2) is 0 Å². The van der Waals surface area contributed by atoms with Gasteiger partial charge in [0.2, 0.25) is 29.5 Å². The van der Waals surface area contributed by atoms with Gasteiger partial charge >= 0.3 is 5.97 Å². The van der Waals surface area contributed by atoms with Crippen molar-refractivity contribution in [3.05, 3.63) is 71.0 Å². The van der Waals surface area contributed by atoms with E-state index >= 15 is 0 Å². The van der Waals surface area contributed by atoms with Crippen LogP contribution >= 0.6 is 23.4 Å². The molecule has 5 atom stereocenters. The van der Waals surface area contributed by atoms with Gasteiger partial charge in [-0.1, -0.05) is 35.9 Å². The molecule has 0 bridgehead atoms. The number of hydrogen-bond acceptors (Lipinski definition) is 8. The average molecular weight is 739 g/mol. The first-order chi connectivity index (χ1) is 24.3. The summed E-state index contributed by atoms with van der Waals surface area (Å²) in [5.74, 6) is -3.80. The molecule has 5 rings (SSSR count). The third-order valence-electron chi connectivity index (χ3n) is 8.55. The topological polar surface area (TPSA) is 232 Å². The number of carboxylic acids is 1. The summed E-state index contributed by atoms with van der Waals surface area (Å²) in [5.41, 5.74) is 8.69. The number of amides is 5. The van der Waals surface area contributed by atoms with Gasteiger partial charge in [-0.2, -0.15) is 0 Å². The predicted octanol–water partition coefficient (Wildman–Crippen LogP) is 1.01. The van der Waals surface area contributed by atoms with E-state index in [1.165, 1.54) is 30.5 Å². The molecule has 0 aliphatic carbocycles. The van der Waals surface area contributed by atoms with Gasteiger partial charge < -0.3 is 47.0 Å². The van der Waals surface area contributed by atoms with E-state index < -0.39 is 72.3 Å². The molecule has 0 unspecified atom stereocenters. The Morgan fingerprint density at radius 3 is 2.33 bits per heavy atom. The Kier molecular flexibility index (Phi) is 11.9. The molecule has 17 heteroatoms. The number of carbonyl (C=O) groups excluding carboxylic acids is 5. The lowest BCUT2D eigenvalue weighted by Gasteiger charge is -2.27. The molecule has 0 spiro atoms. The number of aromatic nitrogens is 2. The van der Waals surface area contributed by atoms with E-state index in [9.17, 15) is 28.8 Å². The second-order valence-corrected chi connectivity index (χ2v) is 13.7. The van der Waals surface area contributed by atoms with Crippen LogP contribution in [0.3, 0.4) is 0 Å². The molecule has 0 radical (unpaired) electrons. The summed E-state index contributed by atoms with van der Waals surface area (Å²) < 4.78 is 0. The summed E-state index contributed by atoms with van der Waals surface area (Å²) in [6, 6.07) is 7.37. The smallest absolute Gasteiger partial charge is 0.325 e. The van der Waals surface area contributed by atoms with Crippen LogP contribution in [0.25, 0.3) is 21.8 Å². The zero-order chi connectivity index (χ0) is 36.8. The predicted molar refractivity (Wildman–Crippen MR) is 193 cm³/mol. The fraction of sp³-hybridized carbons (Fsp3) is 0.353. The standard InChI is InChI=1S/C34H39ClN8O7S/c1-17(36)33(48)43-16-51-15-27(43)32(47)42-26(10-19-12-37-23-8-4-3-6-21(19)23)31(46)41-25(30(45)39-14-28(44)40-18(2)34(49)50)11-20-13-38-24-9-5-7-22(35)29(20)24/h3-9,12-13,17-18,25-27,37-38H,10-11,14-16,36H2,1-2H3,(H,39,45)(H,40,44)(H,41,46)(H,42,47)(H,49,50)/t17-,18-,25+,26+,27+/m1/s1. The van der Waals surface area contributed by atoms with Crippen LogP contribution in [0.1, 0.15) is 25.0 Å². The Hall–Kier alpha value is -5.06. The van der Waals surface area contributed by atoms with E-state index in [4.69, 9.17) is 22.4 Å². The van der Waals surface area contributed by atoms with Gasteiger partial charge in [-0.25, -0.2) is 0 Å². The second kappa shape index (κ2) is 16.3. The minimum atomic E-state index is -1.27. The van der Waals surface area contributed by atoms with Crippen LogP contribution in [0.5, 0.6) is 0 Å². The largest absolute Gasteiger partial charge is 0.480 e. The third kappa shape index (κ3) is 8.82. The van der Waals surface area contributed by atoms with Crippen molar-refractivity contribution in [1.82, 2.24) is 36.1 Å². The van der Waals surface area contributed by atoms with Crippen molar-refractivity contribution in [2.75, 3.05) is 18.2 Å². The first kappa shape index (κ1) is 37.2. The van der Waals surface area contributed by atoms with E-state index in [1.54, 1.807) is 30.6 Å². The number of H-pyrrole nitrogens is 2. The molecular formula is C34H39ClN8O7S. The minimum absolute atomic E-state index is 0.0332. The van der Waals surface area contributed by atoms with Crippen molar-refractivity contribution in [3.8, 4) is 0 Å². The highest BCUT2D eigenvalue weighted by Gasteiger charge is 2.38. The fourth-order valence-corrected chi connectivity index (χ4v) is 7.31. The number of nitrogens with zero attached hydrogens (tertiary/aromatic N) is 1. The van der Waals surface area contributed by atoms with E-state index in [2.05, 4.69) is 31.2 Å². The average Bonchev–Trinajstić information content (AvgIpc) is 3.85. The number of aromatic amines is 2. The van der Waals surface area contributed by atoms with E-state index in [-0.39, 0.29) is 18.7 Å². The van der Waals surface area contributed by atoms with Crippen LogP contribution in [0.2, 0.25) is 5.02 Å². The van der Waals surface area contributed by atoms with Gasteiger partial charge in [0.1, 0.15) is 24.2 Å². The van der Waals surface area contributed by atoms with Crippen molar-refractivity contribution >= 4 is 80.7 Å². The number of hydrogen-bond donors (Lipinski definition) is 8. The molecule has 270 valence electrons. The maximum absolute atomic E-state index is 14.2. The quantitative estimate of drug-likeness (QED) is 0.0922. The summed E-state index contributed by atoms with van der Waals surface area (Å²) in [4.78, 5) is 85.6. The highest BCUT2D eigenvalue weighted by Crippen LogP contribution is 2.28. The maximum Gasteiger partial charge on any atom is 0.325 e. The lowest BCUT2D eigenvalue weighted by atomic mass is 10.0. The molecule has 1 aliphatic heterocycles. The number of carboxylic acid groups (broad SMARTS) is 1. The van der Waals surface area contributed by atoms with Crippen LogP contribution in [0.4, 0.5) is 0 Å². The first-order valence-electron chi connectivity index (χ1n) is 16.2. The number of halogens is 1. The Labute approximate surface area is 301 Å². The number of thioether (sulfide) groups is 1. The van der Waals surface area contributed by atoms with Crippen LogP contribution in [0, 0.1) is 0 Å². The second-order valence-electron chi connectivity index (χ2n) is 12.3. The summed E-state index contributed by atoms with van der Waals surface area (Å²) >= 11 is 7.89. The normalized spacial score (nSPS) is 16.6. The summed E-state index contributed by atoms with van der Waals surface area (Å²) in [5, 5.41) is 21.3. The van der Waals surface area contributed by atoms with E-state index in [0.29, 0.717) is 27.2 Å². The van der Waals surface area contributed by atoms with E-state index in [0.717, 1.165) is 16.5 Å². The Morgan fingerprint density at radius 1 is 0.922 bits per heavy atom. The number of benzene rings is 2. The minimum Gasteiger partial charge on any atom is -0.480 e. The number of para-hydroxylation sites is 1. The molecular weight excluding hydrogens is 700 g/mol. The molecule has 5 amide bonds. The molecule has 3 heterocycles. The SMILES string of the molecule is C[C@@H](N)C(=O)N1CSC[C@H]1C(=O)N[C@@H](Cc1c[nH]c2ccccc12)C(=O)N[C@@H](Cc1c[nH]c2cccc(Cl)c12)C(=O)NCC(=O)N[C@H](C)C(=O)O. The lowest BCUT2D eigenvalue weighted by Crippen LogP contribution is -2.58. The zero-order valence-corrected chi connectivity index (χ0v) is 29.4. The Morgan fingerprint density at radius 2 is 1.59 bits per heavy atom. The van der Waals surface area contributed by atoms with Gasteiger partial charge in [-0.15, -0.1) is 11.8 Å². The van der Waals surface area contributed by atoms with E-state index in [1.807, 2.05) is 24.3 Å². The molecule has 0 saturated carbocycles. The van der Waals surface area contributed by atoms with Crippen molar-refractivity contribution in [2.24, 2.45) is 5.73 Å². The van der Waals surface area contributed by atoms with Gasteiger partial charge in [0.05, 0.1) is 23.5 Å². The number of rotatable bonds is 14. The number of nitrogens with two attached hydrogens (primary N) is 1. The first-order valence-corrected chi connectivity index (χ1v) is 17.7. The molecule has 9 N–H and O–H groups in total. The Balaban J connectivity index is 1.42. The molecule has 15 nitrogen and oxygen atoms in total. The van der Waals surface area contributed by atoms with Crippen molar-refractivity contribution < 1.29 is 33.9 Å². The van der Waals surface area contributed by atoms with Gasteiger partial charge in [-0.3, -0.25) is 28.8 Å². The number of nitrogens with one attached hydrogen (secondary N) is 6. The van der Waals surface area contributed by atoms with Gasteiger partial charge in [0.25, 0.3) is 0 Å². The van der Waals surface area contributed by atoms with Gasteiger partial charge in [0, 0.05) is 52.8 Å². The fourth-order valence-electron chi connectivity index (χ4n) is 5.85. The lowest BCUT2D eigenvalue weighted by molar-refractivity contribution is -0.141. The Bertz CT molecular complexity index is 1960. The molecule has 51 heavy (non-hydrogen) atoms. The summed E-state index contributed by atoms with van der Waals surface area (Å²) in [6.45, 7) is 2.26. The van der Waals surface area contributed by atoms with Crippen LogP contribution in [0.15, 0.2) is 54.9 Å². The van der Waals surface area contributed by atoms with Crippen molar-refractivity contribution in [2.45, 2.75) is 56.9 Å². The molecule has 2 aromatic heterocycles. The molecule has 2 aromatic carbocycles. The highest BCUT2D eigenvalue weighted by atomic mass is 35.5. The van der Waals surface area contributed by atoms with Crippen LogP contribution in [-0.2, 0) is 41.6 Å². The number of fused-ring (bicyclic) bond motifs is 2. The number of carbonyl (C=O) groups is 6.